The molecular weight excluding hydrogens is 342 g/mol. The van der Waals surface area contributed by atoms with Crippen LogP contribution in [-0.2, 0) is 16.6 Å². The van der Waals surface area contributed by atoms with E-state index in [9.17, 15) is 8.42 Å². The topological polar surface area (TPSA) is 108 Å². The van der Waals surface area contributed by atoms with Gasteiger partial charge in [0.25, 0.3) is 0 Å². The summed E-state index contributed by atoms with van der Waals surface area (Å²) in [5, 5.41) is 12.3. The molecule has 3 rings (SSSR count). The number of benzene rings is 1. The average Bonchev–Trinajstić information content (AvgIpc) is 3.13. The minimum Gasteiger partial charge on any atom is -0.497 e. The van der Waals surface area contributed by atoms with Crippen LogP contribution >= 0.6 is 11.3 Å². The van der Waals surface area contributed by atoms with Gasteiger partial charge >= 0.3 is 0 Å². The Balaban J connectivity index is 1.84. The molecule has 0 atom stereocenters. The molecule has 2 heterocycles. The molecule has 2 aromatic heterocycles. The fourth-order valence-corrected chi connectivity index (χ4v) is 3.92. The number of nitrogens with one attached hydrogen (secondary N) is 1. The lowest BCUT2D eigenvalue weighted by Gasteiger charge is -2.11. The number of nitrogens with zero attached hydrogens (tertiary/aromatic N) is 4. The van der Waals surface area contributed by atoms with Gasteiger partial charge in [-0.1, -0.05) is 11.3 Å². The van der Waals surface area contributed by atoms with Crippen LogP contribution in [0.1, 0.15) is 5.01 Å². The van der Waals surface area contributed by atoms with Gasteiger partial charge in [-0.3, -0.25) is 0 Å². The van der Waals surface area contributed by atoms with Crippen LogP contribution < -0.4 is 14.2 Å². The second kappa shape index (κ2) is 6.10. The number of aromatic nitrogens is 4. The molecule has 0 saturated carbocycles. The second-order valence-electron chi connectivity index (χ2n) is 4.40. The summed E-state index contributed by atoms with van der Waals surface area (Å²) < 4.78 is 39.2. The smallest absolute Gasteiger partial charge is 0.244 e. The van der Waals surface area contributed by atoms with E-state index in [0.29, 0.717) is 15.7 Å². The third kappa shape index (κ3) is 3.11. The molecule has 0 aliphatic carbocycles. The molecule has 9 nitrogen and oxygen atoms in total. The van der Waals surface area contributed by atoms with Crippen molar-refractivity contribution in [1.82, 2.24) is 24.5 Å². The van der Waals surface area contributed by atoms with Gasteiger partial charge in [-0.25, -0.2) is 13.1 Å². The van der Waals surface area contributed by atoms with E-state index in [1.165, 1.54) is 48.5 Å². The van der Waals surface area contributed by atoms with Crippen molar-refractivity contribution in [3.05, 3.63) is 29.5 Å². The van der Waals surface area contributed by atoms with Gasteiger partial charge in [0.1, 0.15) is 27.7 Å². The average molecular weight is 355 g/mol. The van der Waals surface area contributed by atoms with E-state index < -0.39 is 10.0 Å². The second-order valence-corrected chi connectivity index (χ2v) is 7.17. The largest absolute Gasteiger partial charge is 0.497 e. The summed E-state index contributed by atoms with van der Waals surface area (Å²) in [5.74, 6) is 0.654. The van der Waals surface area contributed by atoms with Crippen molar-refractivity contribution in [3.8, 4) is 11.5 Å². The molecule has 0 unspecified atom stereocenters. The van der Waals surface area contributed by atoms with Crippen LogP contribution in [0.3, 0.4) is 0 Å². The molecule has 0 radical (unpaired) electrons. The summed E-state index contributed by atoms with van der Waals surface area (Å²) in [4.78, 5) is 0.598. The van der Waals surface area contributed by atoms with Crippen LogP contribution in [0.4, 0.5) is 0 Å². The third-order valence-corrected chi connectivity index (χ3v) is 5.34. The van der Waals surface area contributed by atoms with E-state index >= 15 is 0 Å². The van der Waals surface area contributed by atoms with Gasteiger partial charge in [0.2, 0.25) is 15.0 Å². The van der Waals surface area contributed by atoms with Crippen LogP contribution in [0.25, 0.3) is 4.96 Å². The number of hydrogen-bond acceptors (Lipinski definition) is 8. The highest BCUT2D eigenvalue weighted by atomic mass is 32.2. The zero-order chi connectivity index (χ0) is 16.4. The Bertz CT molecular complexity index is 905. The van der Waals surface area contributed by atoms with Crippen molar-refractivity contribution < 1.29 is 17.9 Å². The number of hydrogen-bond donors (Lipinski definition) is 1. The molecule has 3 aromatic rings. The molecule has 0 spiro atoms. The van der Waals surface area contributed by atoms with Crippen molar-refractivity contribution in [2.75, 3.05) is 14.2 Å². The molecule has 23 heavy (non-hydrogen) atoms. The van der Waals surface area contributed by atoms with Gasteiger partial charge in [0.15, 0.2) is 0 Å². The SMILES string of the molecule is COc1ccc(OC)c(S(=O)(=O)NCc2nn3cnnc3s2)c1. The van der Waals surface area contributed by atoms with Crippen molar-refractivity contribution >= 4 is 26.3 Å². The first-order valence-corrected chi connectivity index (χ1v) is 8.71. The lowest BCUT2D eigenvalue weighted by Crippen LogP contribution is -2.23. The highest BCUT2D eigenvalue weighted by Crippen LogP contribution is 2.28. The highest BCUT2D eigenvalue weighted by molar-refractivity contribution is 7.89. The first-order chi connectivity index (χ1) is 11.0. The van der Waals surface area contributed by atoms with Crippen LogP contribution in [-0.4, -0.2) is 42.4 Å². The Labute approximate surface area is 135 Å². The monoisotopic (exact) mass is 355 g/mol. The van der Waals surface area contributed by atoms with Crippen molar-refractivity contribution in [3.63, 3.8) is 0 Å². The standard InChI is InChI=1S/C12H13N5O4S2/c1-20-8-3-4-9(21-2)10(5-8)23(18,19)14-6-11-16-17-7-13-15-12(17)22-11/h3-5,7,14H,6H2,1-2H3. The molecule has 0 amide bonds. The zero-order valence-electron chi connectivity index (χ0n) is 12.3. The Morgan fingerprint density at radius 3 is 2.83 bits per heavy atom. The molecule has 1 aromatic carbocycles. The van der Waals surface area contributed by atoms with E-state index in [4.69, 9.17) is 9.47 Å². The van der Waals surface area contributed by atoms with Crippen LogP contribution in [0.15, 0.2) is 29.4 Å². The van der Waals surface area contributed by atoms with E-state index in [1.807, 2.05) is 0 Å². The number of sulfonamides is 1. The Morgan fingerprint density at radius 1 is 1.30 bits per heavy atom. The summed E-state index contributed by atoms with van der Waals surface area (Å²) in [6.45, 7) is 0.0384. The lowest BCUT2D eigenvalue weighted by molar-refractivity contribution is 0.392. The van der Waals surface area contributed by atoms with E-state index in [2.05, 4.69) is 20.0 Å². The van der Waals surface area contributed by atoms with Gasteiger partial charge in [0, 0.05) is 6.07 Å². The summed E-state index contributed by atoms with van der Waals surface area (Å²) in [6, 6.07) is 4.57. The number of ether oxygens (including phenoxy) is 2. The fourth-order valence-electron chi connectivity index (χ4n) is 1.90. The lowest BCUT2D eigenvalue weighted by atomic mass is 10.3. The molecule has 0 fully saturated rings. The van der Waals surface area contributed by atoms with Crippen molar-refractivity contribution in [2.24, 2.45) is 0 Å². The van der Waals surface area contributed by atoms with Gasteiger partial charge in [-0.15, -0.1) is 10.2 Å². The van der Waals surface area contributed by atoms with Crippen molar-refractivity contribution in [2.45, 2.75) is 11.4 Å². The first kappa shape index (κ1) is 15.6. The van der Waals surface area contributed by atoms with Gasteiger partial charge in [0.05, 0.1) is 20.8 Å². The quantitative estimate of drug-likeness (QED) is 0.693. The van der Waals surface area contributed by atoms with Gasteiger partial charge in [-0.2, -0.15) is 9.61 Å². The Morgan fingerprint density at radius 2 is 2.13 bits per heavy atom. The molecule has 11 heteroatoms. The highest BCUT2D eigenvalue weighted by Gasteiger charge is 2.21. The third-order valence-electron chi connectivity index (χ3n) is 3.00. The molecule has 0 aliphatic heterocycles. The zero-order valence-corrected chi connectivity index (χ0v) is 13.9. The van der Waals surface area contributed by atoms with E-state index in [1.54, 1.807) is 6.07 Å². The number of methoxy groups -OCH3 is 2. The van der Waals surface area contributed by atoms with E-state index in [0.717, 1.165) is 0 Å². The minimum atomic E-state index is -3.79. The molecule has 1 N–H and O–H groups in total. The molecule has 0 saturated heterocycles. The minimum absolute atomic E-state index is 0.00218. The molecule has 122 valence electrons. The molecule has 0 bridgehead atoms. The normalized spacial score (nSPS) is 11.7. The fraction of sp³-hybridized carbons (Fsp3) is 0.250. The summed E-state index contributed by atoms with van der Waals surface area (Å²) in [6.07, 6.45) is 1.45. The Kier molecular flexibility index (Phi) is 4.15. The Hall–Kier alpha value is -2.24. The predicted molar refractivity (Wildman–Crippen MR) is 82.2 cm³/mol. The van der Waals surface area contributed by atoms with Crippen LogP contribution in [0, 0.1) is 0 Å². The number of fused-ring (bicyclic) bond motifs is 1. The number of rotatable bonds is 6. The molecule has 0 aliphatic rings. The van der Waals surface area contributed by atoms with Gasteiger partial charge < -0.3 is 9.47 Å². The maximum Gasteiger partial charge on any atom is 0.244 e. The predicted octanol–water partition coefficient (Wildman–Crippen LogP) is 0.681. The maximum absolute atomic E-state index is 12.5. The van der Waals surface area contributed by atoms with E-state index in [-0.39, 0.29) is 17.2 Å². The summed E-state index contributed by atoms with van der Waals surface area (Å²) in [7, 11) is -0.918. The first-order valence-electron chi connectivity index (χ1n) is 6.41. The van der Waals surface area contributed by atoms with Gasteiger partial charge in [-0.05, 0) is 12.1 Å². The summed E-state index contributed by atoms with van der Waals surface area (Å²) in [5.41, 5.74) is 0. The summed E-state index contributed by atoms with van der Waals surface area (Å²) >= 11 is 1.25. The van der Waals surface area contributed by atoms with Crippen LogP contribution in [0.5, 0.6) is 11.5 Å². The molecular formula is C12H13N5O4S2. The van der Waals surface area contributed by atoms with Crippen molar-refractivity contribution in [1.29, 1.82) is 0 Å². The van der Waals surface area contributed by atoms with Crippen LogP contribution in [0.2, 0.25) is 0 Å². The maximum atomic E-state index is 12.5.